The maximum atomic E-state index is 12.1. The number of benzene rings is 1. The van der Waals surface area contributed by atoms with Crippen molar-refractivity contribution in [2.24, 2.45) is 0 Å². The molecule has 1 saturated heterocycles. The number of amides is 2. The van der Waals surface area contributed by atoms with Crippen LogP contribution in [0.15, 0.2) is 30.3 Å². The summed E-state index contributed by atoms with van der Waals surface area (Å²) in [7, 11) is 0. The summed E-state index contributed by atoms with van der Waals surface area (Å²) in [6.07, 6.45) is 1.75. The van der Waals surface area contributed by atoms with Crippen molar-refractivity contribution >= 4 is 11.8 Å². The zero-order chi connectivity index (χ0) is 16.9. The molecule has 0 saturated carbocycles. The van der Waals surface area contributed by atoms with E-state index in [4.69, 9.17) is 0 Å². The summed E-state index contributed by atoms with van der Waals surface area (Å²) in [6.45, 7) is 8.04. The molecule has 1 aliphatic heterocycles. The summed E-state index contributed by atoms with van der Waals surface area (Å²) in [5.41, 5.74) is 0.499. The average molecular weight is 317 g/mol. The van der Waals surface area contributed by atoms with Gasteiger partial charge in [0.05, 0.1) is 6.54 Å². The number of carbonyl (C=O) groups is 2. The van der Waals surface area contributed by atoms with Crippen LogP contribution in [0.4, 0.5) is 0 Å². The first-order valence-corrected chi connectivity index (χ1v) is 8.23. The first-order valence-electron chi connectivity index (χ1n) is 8.23. The molecule has 1 aromatic rings. The van der Waals surface area contributed by atoms with E-state index in [0.717, 1.165) is 25.9 Å². The van der Waals surface area contributed by atoms with Crippen LogP contribution in [0.5, 0.6) is 0 Å². The quantitative estimate of drug-likeness (QED) is 0.890. The van der Waals surface area contributed by atoms with Crippen molar-refractivity contribution in [1.29, 1.82) is 0 Å². The molecular formula is C18H27N3O2. The molecule has 0 radical (unpaired) electrons. The minimum absolute atomic E-state index is 0.0190. The van der Waals surface area contributed by atoms with Gasteiger partial charge in [-0.15, -0.1) is 0 Å². The second-order valence-electron chi connectivity index (χ2n) is 7.19. The van der Waals surface area contributed by atoms with E-state index in [1.165, 1.54) is 0 Å². The molecular weight excluding hydrogens is 290 g/mol. The Morgan fingerprint density at radius 3 is 2.30 bits per heavy atom. The highest BCUT2D eigenvalue weighted by molar-refractivity contribution is 5.94. The van der Waals surface area contributed by atoms with Crippen LogP contribution >= 0.6 is 0 Å². The van der Waals surface area contributed by atoms with Gasteiger partial charge < -0.3 is 10.6 Å². The lowest BCUT2D eigenvalue weighted by atomic mass is 10.0. The van der Waals surface area contributed by atoms with E-state index in [0.29, 0.717) is 12.1 Å². The first kappa shape index (κ1) is 17.5. The van der Waals surface area contributed by atoms with Gasteiger partial charge in [0.1, 0.15) is 0 Å². The first-order chi connectivity index (χ1) is 10.8. The summed E-state index contributed by atoms with van der Waals surface area (Å²) in [5, 5.41) is 6.06. The van der Waals surface area contributed by atoms with Crippen molar-refractivity contribution < 1.29 is 9.59 Å². The summed E-state index contributed by atoms with van der Waals surface area (Å²) in [6, 6.07) is 9.46. The van der Waals surface area contributed by atoms with Crippen molar-refractivity contribution in [1.82, 2.24) is 15.5 Å². The summed E-state index contributed by atoms with van der Waals surface area (Å²) >= 11 is 0. The summed E-state index contributed by atoms with van der Waals surface area (Å²) in [5.74, 6) is 0.0406. The number of hydrogen-bond acceptors (Lipinski definition) is 3. The third-order valence-corrected chi connectivity index (χ3v) is 3.84. The number of nitrogens with one attached hydrogen (secondary N) is 2. The normalized spacial score (nSPS) is 16.8. The standard InChI is InChI=1S/C18H27N3O2/c1-18(2,3)20-16(22)13-21-11-9-15(10-12-21)19-17(23)14-7-5-4-6-8-14/h4-8,15H,9-13H2,1-3H3,(H,19,23)(H,20,22). The van der Waals surface area contributed by atoms with Gasteiger partial charge in [-0.05, 0) is 45.7 Å². The topological polar surface area (TPSA) is 61.4 Å². The largest absolute Gasteiger partial charge is 0.350 e. The number of nitrogens with zero attached hydrogens (tertiary/aromatic N) is 1. The Bertz CT molecular complexity index is 529. The molecule has 2 amide bonds. The SMILES string of the molecule is CC(C)(C)NC(=O)CN1CCC(NC(=O)c2ccccc2)CC1. The molecule has 1 aromatic carbocycles. The average Bonchev–Trinajstić information content (AvgIpc) is 2.48. The van der Waals surface area contributed by atoms with Crippen molar-refractivity contribution in [3.05, 3.63) is 35.9 Å². The lowest BCUT2D eigenvalue weighted by molar-refractivity contribution is -0.123. The molecule has 0 atom stereocenters. The molecule has 1 fully saturated rings. The number of likely N-dealkylation sites (tertiary alicyclic amines) is 1. The maximum Gasteiger partial charge on any atom is 0.251 e. The van der Waals surface area contributed by atoms with Crippen molar-refractivity contribution in [3.8, 4) is 0 Å². The Kier molecular flexibility index (Phi) is 5.77. The van der Waals surface area contributed by atoms with Gasteiger partial charge in [0.15, 0.2) is 0 Å². The maximum absolute atomic E-state index is 12.1. The van der Waals surface area contributed by atoms with Crippen LogP contribution in [-0.2, 0) is 4.79 Å². The minimum atomic E-state index is -0.195. The Balaban J connectivity index is 1.74. The number of carbonyl (C=O) groups excluding carboxylic acids is 2. The van der Waals surface area contributed by atoms with E-state index >= 15 is 0 Å². The third kappa shape index (κ3) is 6.02. The molecule has 0 unspecified atom stereocenters. The zero-order valence-corrected chi connectivity index (χ0v) is 14.3. The van der Waals surface area contributed by atoms with Gasteiger partial charge in [0.25, 0.3) is 5.91 Å². The van der Waals surface area contributed by atoms with Gasteiger partial charge in [-0.25, -0.2) is 0 Å². The van der Waals surface area contributed by atoms with Crippen LogP contribution < -0.4 is 10.6 Å². The Morgan fingerprint density at radius 2 is 1.74 bits per heavy atom. The van der Waals surface area contributed by atoms with Crippen LogP contribution in [-0.4, -0.2) is 47.9 Å². The molecule has 5 nitrogen and oxygen atoms in total. The van der Waals surface area contributed by atoms with Gasteiger partial charge in [-0.2, -0.15) is 0 Å². The highest BCUT2D eigenvalue weighted by atomic mass is 16.2. The van der Waals surface area contributed by atoms with E-state index in [-0.39, 0.29) is 23.4 Å². The molecule has 0 aliphatic carbocycles. The van der Waals surface area contributed by atoms with E-state index in [1.54, 1.807) is 0 Å². The summed E-state index contributed by atoms with van der Waals surface area (Å²) < 4.78 is 0. The molecule has 126 valence electrons. The van der Waals surface area contributed by atoms with Crippen LogP contribution in [0, 0.1) is 0 Å². The molecule has 0 bridgehead atoms. The molecule has 0 aromatic heterocycles. The van der Waals surface area contributed by atoms with Crippen LogP contribution in [0.3, 0.4) is 0 Å². The Morgan fingerprint density at radius 1 is 1.13 bits per heavy atom. The van der Waals surface area contributed by atoms with Gasteiger partial charge in [-0.3, -0.25) is 14.5 Å². The second-order valence-corrected chi connectivity index (χ2v) is 7.19. The van der Waals surface area contributed by atoms with Crippen molar-refractivity contribution in [2.45, 2.75) is 45.2 Å². The zero-order valence-electron chi connectivity index (χ0n) is 14.3. The predicted molar refractivity (Wildman–Crippen MR) is 91.3 cm³/mol. The monoisotopic (exact) mass is 317 g/mol. The Labute approximate surface area is 138 Å². The van der Waals surface area contributed by atoms with Crippen molar-refractivity contribution in [2.75, 3.05) is 19.6 Å². The highest BCUT2D eigenvalue weighted by Crippen LogP contribution is 2.11. The molecule has 5 heteroatoms. The van der Waals surface area contributed by atoms with E-state index in [2.05, 4.69) is 15.5 Å². The fourth-order valence-corrected chi connectivity index (χ4v) is 2.75. The van der Waals surface area contributed by atoms with Gasteiger partial charge in [0.2, 0.25) is 5.91 Å². The molecule has 1 aliphatic rings. The smallest absolute Gasteiger partial charge is 0.251 e. The predicted octanol–water partition coefficient (Wildman–Crippen LogP) is 1.80. The number of piperidine rings is 1. The lowest BCUT2D eigenvalue weighted by Crippen LogP contribution is -2.50. The van der Waals surface area contributed by atoms with E-state index in [1.807, 2.05) is 51.1 Å². The molecule has 2 rings (SSSR count). The molecule has 2 N–H and O–H groups in total. The number of hydrogen-bond donors (Lipinski definition) is 2. The van der Waals surface area contributed by atoms with Crippen molar-refractivity contribution in [3.63, 3.8) is 0 Å². The van der Waals surface area contributed by atoms with Gasteiger partial charge >= 0.3 is 0 Å². The number of rotatable bonds is 4. The van der Waals surface area contributed by atoms with Gasteiger partial charge in [-0.1, -0.05) is 18.2 Å². The highest BCUT2D eigenvalue weighted by Gasteiger charge is 2.23. The fourth-order valence-electron chi connectivity index (χ4n) is 2.75. The third-order valence-electron chi connectivity index (χ3n) is 3.84. The minimum Gasteiger partial charge on any atom is -0.350 e. The van der Waals surface area contributed by atoms with Gasteiger partial charge in [0, 0.05) is 30.2 Å². The molecule has 23 heavy (non-hydrogen) atoms. The van der Waals surface area contributed by atoms with E-state index in [9.17, 15) is 9.59 Å². The Hall–Kier alpha value is -1.88. The van der Waals surface area contributed by atoms with Crippen LogP contribution in [0.1, 0.15) is 44.0 Å². The fraction of sp³-hybridized carbons (Fsp3) is 0.556. The second kappa shape index (κ2) is 7.59. The van der Waals surface area contributed by atoms with Crippen LogP contribution in [0.25, 0.3) is 0 Å². The molecule has 1 heterocycles. The molecule has 0 spiro atoms. The lowest BCUT2D eigenvalue weighted by Gasteiger charge is -2.32. The van der Waals surface area contributed by atoms with E-state index < -0.39 is 0 Å². The van der Waals surface area contributed by atoms with Crippen LogP contribution in [0.2, 0.25) is 0 Å². The summed E-state index contributed by atoms with van der Waals surface area (Å²) in [4.78, 5) is 26.2.